The molecule has 0 aliphatic carbocycles. The highest BCUT2D eigenvalue weighted by atomic mass is 16.7. The van der Waals surface area contributed by atoms with Crippen molar-refractivity contribution in [1.82, 2.24) is 0 Å². The summed E-state index contributed by atoms with van der Waals surface area (Å²) >= 11 is 0. The lowest BCUT2D eigenvalue weighted by atomic mass is 10.00. The first-order chi connectivity index (χ1) is 11.4. The highest BCUT2D eigenvalue weighted by molar-refractivity contribution is 5.74. The summed E-state index contributed by atoms with van der Waals surface area (Å²) in [4.78, 5) is 16.1. The maximum absolute atomic E-state index is 11.2. The molecule has 0 saturated carbocycles. The maximum Gasteiger partial charge on any atom is 0.331 e. The molecule has 0 atom stereocenters. The number of rotatable bonds is 6. The van der Waals surface area contributed by atoms with Crippen LogP contribution in [0.25, 0.3) is 0 Å². The van der Waals surface area contributed by atoms with Crippen LogP contribution in [0.3, 0.4) is 0 Å². The third kappa shape index (κ3) is 4.41. The third-order valence-corrected chi connectivity index (χ3v) is 3.92. The van der Waals surface area contributed by atoms with Crippen LogP contribution in [-0.4, -0.2) is 5.97 Å². The number of hydrogen-bond acceptors (Lipinski definition) is 5. The summed E-state index contributed by atoms with van der Waals surface area (Å²) in [5.41, 5.74) is 15.7. The van der Waals surface area contributed by atoms with Crippen molar-refractivity contribution in [2.45, 2.75) is 40.7 Å². The Morgan fingerprint density at radius 1 is 1.12 bits per heavy atom. The minimum absolute atomic E-state index is 0.307. The molecule has 0 bridgehead atoms. The molecule has 2 rings (SSSR count). The van der Waals surface area contributed by atoms with Gasteiger partial charge < -0.3 is 15.9 Å². The topological polar surface area (TPSA) is 76.4 Å². The molecule has 2 aromatic rings. The zero-order chi connectivity index (χ0) is 17.7. The number of hydrogen-bond donors (Lipinski definition) is 3. The van der Waals surface area contributed by atoms with Gasteiger partial charge in [0.1, 0.15) is 0 Å². The second-order valence-corrected chi connectivity index (χ2v) is 5.96. The van der Waals surface area contributed by atoms with E-state index in [1.54, 1.807) is 13.0 Å². The van der Waals surface area contributed by atoms with Gasteiger partial charge in [-0.05, 0) is 55.7 Å². The number of nitrogens with two attached hydrogens (primary N) is 1. The lowest BCUT2D eigenvalue weighted by molar-refractivity contribution is -0.140. The van der Waals surface area contributed by atoms with E-state index in [1.807, 2.05) is 12.1 Å². The van der Waals surface area contributed by atoms with Crippen LogP contribution in [0.2, 0.25) is 0 Å². The molecule has 0 aromatic heterocycles. The van der Waals surface area contributed by atoms with Crippen molar-refractivity contribution in [1.29, 1.82) is 0 Å². The van der Waals surface area contributed by atoms with Crippen molar-refractivity contribution in [2.75, 3.05) is 16.5 Å². The maximum atomic E-state index is 11.2. The van der Waals surface area contributed by atoms with E-state index >= 15 is 0 Å². The minimum Gasteiger partial charge on any atom is -0.397 e. The minimum atomic E-state index is -0.332. The number of anilines is 3. The Morgan fingerprint density at radius 3 is 2.38 bits per heavy atom. The van der Waals surface area contributed by atoms with Crippen LogP contribution in [0.15, 0.2) is 30.3 Å². The number of nitrogen functional groups attached to an aromatic ring is 1. The van der Waals surface area contributed by atoms with Gasteiger partial charge in [-0.2, -0.15) is 0 Å². The van der Waals surface area contributed by atoms with Gasteiger partial charge in [-0.15, -0.1) is 0 Å². The van der Waals surface area contributed by atoms with Crippen LogP contribution in [0.1, 0.15) is 35.6 Å². The Bertz CT molecular complexity index is 718. The van der Waals surface area contributed by atoms with Crippen LogP contribution >= 0.6 is 0 Å². The van der Waals surface area contributed by atoms with Crippen LogP contribution in [0.4, 0.5) is 17.1 Å². The molecule has 0 unspecified atom stereocenters. The zero-order valence-electron chi connectivity index (χ0n) is 14.7. The van der Waals surface area contributed by atoms with Gasteiger partial charge in [-0.1, -0.05) is 24.6 Å². The van der Waals surface area contributed by atoms with Crippen molar-refractivity contribution < 1.29 is 9.63 Å². The molecule has 0 aliphatic heterocycles. The summed E-state index contributed by atoms with van der Waals surface area (Å²) in [7, 11) is 0. The smallest absolute Gasteiger partial charge is 0.331 e. The summed E-state index contributed by atoms with van der Waals surface area (Å²) in [6.07, 6.45) is 0.307. The van der Waals surface area contributed by atoms with Gasteiger partial charge in [0.15, 0.2) is 0 Å². The largest absolute Gasteiger partial charge is 0.397 e. The lowest BCUT2D eigenvalue weighted by Gasteiger charge is -2.15. The van der Waals surface area contributed by atoms with E-state index in [-0.39, 0.29) is 5.97 Å². The van der Waals surface area contributed by atoms with Gasteiger partial charge in [-0.25, -0.2) is 10.3 Å². The summed E-state index contributed by atoms with van der Waals surface area (Å²) in [6, 6.07) is 9.88. The van der Waals surface area contributed by atoms with Crippen LogP contribution in [0, 0.1) is 20.8 Å². The number of carbonyl (C=O) groups excluding carboxylic acids is 1. The number of nitrogens with one attached hydrogen (secondary N) is 2. The summed E-state index contributed by atoms with van der Waals surface area (Å²) in [5, 5.41) is 3.39. The van der Waals surface area contributed by atoms with Gasteiger partial charge in [-0.3, -0.25) is 0 Å². The van der Waals surface area contributed by atoms with Crippen LogP contribution in [-0.2, 0) is 16.2 Å². The quantitative estimate of drug-likeness (QED) is 0.550. The molecule has 0 fully saturated rings. The molecule has 5 nitrogen and oxygen atoms in total. The van der Waals surface area contributed by atoms with E-state index < -0.39 is 0 Å². The first kappa shape index (κ1) is 17.7. The molecule has 2 aromatic carbocycles. The molecule has 0 aliphatic rings. The molecule has 128 valence electrons. The Morgan fingerprint density at radius 2 is 1.79 bits per heavy atom. The SMILES string of the molecule is CCC(=O)ONc1ccc(NCc2c(C)cc(C)cc2C)cc1N. The van der Waals surface area contributed by atoms with E-state index in [0.717, 1.165) is 12.2 Å². The molecule has 4 N–H and O–H groups in total. The lowest BCUT2D eigenvalue weighted by Crippen LogP contribution is -2.10. The highest BCUT2D eigenvalue weighted by Gasteiger charge is 2.06. The van der Waals surface area contributed by atoms with Gasteiger partial charge in [0.05, 0.1) is 11.4 Å². The Labute approximate surface area is 143 Å². The van der Waals surface area contributed by atoms with Gasteiger partial charge in [0, 0.05) is 18.7 Å². The summed E-state index contributed by atoms with van der Waals surface area (Å²) in [6.45, 7) is 8.82. The van der Waals surface area contributed by atoms with Crippen molar-refractivity contribution >= 4 is 23.0 Å². The van der Waals surface area contributed by atoms with Crippen LogP contribution < -0.4 is 16.5 Å². The number of aryl methyl sites for hydroxylation is 3. The first-order valence-corrected chi connectivity index (χ1v) is 8.06. The fourth-order valence-corrected chi connectivity index (χ4v) is 2.63. The number of carbonyl (C=O) groups is 1. The zero-order valence-corrected chi connectivity index (χ0v) is 14.7. The van der Waals surface area contributed by atoms with Crippen molar-refractivity contribution in [3.05, 3.63) is 52.6 Å². The predicted molar refractivity (Wildman–Crippen MR) is 98.8 cm³/mol. The summed E-state index contributed by atoms with van der Waals surface area (Å²) in [5.74, 6) is -0.332. The monoisotopic (exact) mass is 327 g/mol. The standard InChI is InChI=1S/C19H25N3O2/c1-5-19(23)24-22-18-7-6-15(10-17(18)20)21-11-16-13(3)8-12(2)9-14(16)4/h6-10,21-22H,5,11,20H2,1-4H3. The Kier molecular flexibility index (Phi) is 5.68. The van der Waals surface area contributed by atoms with Crippen LogP contribution in [0.5, 0.6) is 0 Å². The van der Waals surface area contributed by atoms with E-state index in [1.165, 1.54) is 22.3 Å². The molecule has 0 spiro atoms. The normalized spacial score (nSPS) is 10.3. The van der Waals surface area contributed by atoms with E-state index in [2.05, 4.69) is 43.7 Å². The van der Waals surface area contributed by atoms with Crippen molar-refractivity contribution in [3.8, 4) is 0 Å². The van der Waals surface area contributed by atoms with E-state index in [4.69, 9.17) is 10.6 Å². The third-order valence-electron chi connectivity index (χ3n) is 3.92. The van der Waals surface area contributed by atoms with Crippen molar-refractivity contribution in [3.63, 3.8) is 0 Å². The average molecular weight is 327 g/mol. The molecule has 0 amide bonds. The molecular formula is C19H25N3O2. The van der Waals surface area contributed by atoms with Crippen molar-refractivity contribution in [2.24, 2.45) is 0 Å². The number of benzene rings is 2. The Balaban J connectivity index is 2.04. The van der Waals surface area contributed by atoms with E-state index in [0.29, 0.717) is 17.8 Å². The molecule has 24 heavy (non-hydrogen) atoms. The Hall–Kier alpha value is -2.69. The fraction of sp³-hybridized carbons (Fsp3) is 0.316. The van der Waals surface area contributed by atoms with Gasteiger partial charge in [0.2, 0.25) is 0 Å². The molecule has 0 saturated heterocycles. The van der Waals surface area contributed by atoms with Gasteiger partial charge >= 0.3 is 5.97 Å². The van der Waals surface area contributed by atoms with E-state index in [9.17, 15) is 4.79 Å². The summed E-state index contributed by atoms with van der Waals surface area (Å²) < 4.78 is 0. The molecule has 5 heteroatoms. The highest BCUT2D eigenvalue weighted by Crippen LogP contribution is 2.24. The molecule has 0 heterocycles. The average Bonchev–Trinajstić information content (AvgIpc) is 2.52. The second kappa shape index (κ2) is 7.73. The predicted octanol–water partition coefficient (Wildman–Crippen LogP) is 4.09. The van der Waals surface area contributed by atoms with Gasteiger partial charge in [0.25, 0.3) is 0 Å². The molecule has 0 radical (unpaired) electrons. The second-order valence-electron chi connectivity index (χ2n) is 5.96. The molecular weight excluding hydrogens is 302 g/mol. The first-order valence-electron chi connectivity index (χ1n) is 8.06. The fourth-order valence-electron chi connectivity index (χ4n) is 2.63.